The topological polar surface area (TPSA) is 71.2 Å². The van der Waals surface area contributed by atoms with Crippen LogP contribution in [0.25, 0.3) is 0 Å². The Morgan fingerprint density at radius 1 is 1.24 bits per heavy atom. The highest BCUT2D eigenvalue weighted by molar-refractivity contribution is 5.94. The monoisotopic (exact) mass is 286 g/mol. The van der Waals surface area contributed by atoms with Gasteiger partial charge in [-0.05, 0) is 37.6 Å². The predicted molar refractivity (Wildman–Crippen MR) is 80.6 cm³/mol. The number of rotatable bonds is 5. The zero-order valence-corrected chi connectivity index (χ0v) is 12.1. The molecule has 1 aromatic carbocycles. The summed E-state index contributed by atoms with van der Waals surface area (Å²) in [6.45, 7) is 4.46. The first-order valence-corrected chi connectivity index (χ1v) is 6.82. The molecule has 1 amide bonds. The lowest BCUT2D eigenvalue weighted by molar-refractivity contribution is 0.0939. The molecule has 2 N–H and O–H groups in total. The highest BCUT2D eigenvalue weighted by Crippen LogP contribution is 2.17. The van der Waals surface area contributed by atoms with Gasteiger partial charge < -0.3 is 15.0 Å². The summed E-state index contributed by atoms with van der Waals surface area (Å²) < 4.78 is 5.38. The van der Waals surface area contributed by atoms with Crippen LogP contribution in [-0.4, -0.2) is 17.5 Å². The molecule has 2 aromatic rings. The summed E-state index contributed by atoms with van der Waals surface area (Å²) in [6, 6.07) is 10.3. The van der Waals surface area contributed by atoms with Gasteiger partial charge in [0.1, 0.15) is 5.75 Å². The summed E-state index contributed by atoms with van der Waals surface area (Å²) in [5, 5.41) is 2.88. The third-order valence-electron chi connectivity index (χ3n) is 3.09. The molecule has 1 atom stereocenters. The van der Waals surface area contributed by atoms with Gasteiger partial charge in [-0.3, -0.25) is 9.59 Å². The fourth-order valence-electron chi connectivity index (χ4n) is 1.93. The van der Waals surface area contributed by atoms with Crippen molar-refractivity contribution >= 4 is 5.91 Å². The lowest BCUT2D eigenvalue weighted by atomic mass is 10.1. The summed E-state index contributed by atoms with van der Waals surface area (Å²) in [5.74, 6) is 0.577. The second kappa shape index (κ2) is 6.74. The van der Waals surface area contributed by atoms with Crippen LogP contribution in [0.15, 0.2) is 47.4 Å². The first-order chi connectivity index (χ1) is 10.1. The number of aromatic amines is 1. The number of carbonyl (C=O) groups excluding carboxylic acids is 1. The number of ether oxygens (including phenoxy) is 1. The molecule has 0 aliphatic rings. The van der Waals surface area contributed by atoms with E-state index in [9.17, 15) is 9.59 Å². The van der Waals surface area contributed by atoms with Gasteiger partial charge in [0.15, 0.2) is 0 Å². The number of pyridine rings is 1. The maximum atomic E-state index is 12.1. The molecule has 0 aliphatic carbocycles. The Hall–Kier alpha value is -2.56. The van der Waals surface area contributed by atoms with E-state index >= 15 is 0 Å². The normalized spacial score (nSPS) is 11.7. The van der Waals surface area contributed by atoms with Gasteiger partial charge in [-0.25, -0.2) is 0 Å². The first-order valence-electron chi connectivity index (χ1n) is 6.82. The standard InChI is InChI=1S/C16H18N2O3/c1-3-21-14-7-4-12(5-8-14)11(2)18-16(20)13-6-9-15(19)17-10-13/h4-11H,3H2,1-2H3,(H,17,19)(H,18,20). The number of amides is 1. The van der Waals surface area contributed by atoms with Crippen LogP contribution < -0.4 is 15.6 Å². The zero-order chi connectivity index (χ0) is 15.2. The van der Waals surface area contributed by atoms with E-state index in [1.54, 1.807) is 0 Å². The minimum absolute atomic E-state index is 0.139. The van der Waals surface area contributed by atoms with Gasteiger partial charge in [0.05, 0.1) is 18.2 Å². The van der Waals surface area contributed by atoms with Crippen LogP contribution in [0.5, 0.6) is 5.75 Å². The molecule has 0 saturated heterocycles. The summed E-state index contributed by atoms with van der Waals surface area (Å²) in [6.07, 6.45) is 1.41. The molecule has 0 saturated carbocycles. The Labute approximate surface area is 123 Å². The molecule has 0 fully saturated rings. The van der Waals surface area contributed by atoms with Crippen molar-refractivity contribution in [2.75, 3.05) is 6.61 Å². The zero-order valence-electron chi connectivity index (χ0n) is 12.1. The summed E-state index contributed by atoms with van der Waals surface area (Å²) in [5.41, 5.74) is 1.18. The van der Waals surface area contributed by atoms with Crippen molar-refractivity contribution in [1.82, 2.24) is 10.3 Å². The third-order valence-corrected chi connectivity index (χ3v) is 3.09. The number of aromatic nitrogens is 1. The van der Waals surface area contributed by atoms with Gasteiger partial charge in [0.2, 0.25) is 5.56 Å². The van der Waals surface area contributed by atoms with Crippen LogP contribution in [0.2, 0.25) is 0 Å². The Bertz CT molecular complexity index is 641. The van der Waals surface area contributed by atoms with Crippen LogP contribution in [-0.2, 0) is 0 Å². The fourth-order valence-corrected chi connectivity index (χ4v) is 1.93. The smallest absolute Gasteiger partial charge is 0.253 e. The molecule has 1 heterocycles. The highest BCUT2D eigenvalue weighted by Gasteiger charge is 2.11. The van der Waals surface area contributed by atoms with E-state index in [2.05, 4.69) is 10.3 Å². The number of nitrogens with one attached hydrogen (secondary N) is 2. The summed E-state index contributed by atoms with van der Waals surface area (Å²) in [4.78, 5) is 25.5. The van der Waals surface area contributed by atoms with Gasteiger partial charge in [0.25, 0.3) is 5.91 Å². The van der Waals surface area contributed by atoms with Gasteiger partial charge in [-0.15, -0.1) is 0 Å². The molecule has 0 aliphatic heterocycles. The van der Waals surface area contributed by atoms with Gasteiger partial charge >= 0.3 is 0 Å². The minimum atomic E-state index is -0.230. The second-order valence-corrected chi connectivity index (χ2v) is 4.64. The van der Waals surface area contributed by atoms with E-state index in [4.69, 9.17) is 4.74 Å². The van der Waals surface area contributed by atoms with E-state index in [1.165, 1.54) is 18.3 Å². The maximum absolute atomic E-state index is 12.1. The molecule has 1 unspecified atom stereocenters. The molecule has 0 bridgehead atoms. The van der Waals surface area contributed by atoms with Crippen molar-refractivity contribution < 1.29 is 9.53 Å². The molecular formula is C16H18N2O3. The number of carbonyl (C=O) groups is 1. The molecule has 21 heavy (non-hydrogen) atoms. The third kappa shape index (κ3) is 3.95. The van der Waals surface area contributed by atoms with Crippen LogP contribution >= 0.6 is 0 Å². The second-order valence-electron chi connectivity index (χ2n) is 4.64. The van der Waals surface area contributed by atoms with E-state index < -0.39 is 0 Å². The number of H-pyrrole nitrogens is 1. The Morgan fingerprint density at radius 3 is 2.52 bits per heavy atom. The SMILES string of the molecule is CCOc1ccc(C(C)NC(=O)c2ccc(=O)[nH]c2)cc1. The van der Waals surface area contributed by atoms with E-state index in [0.717, 1.165) is 11.3 Å². The van der Waals surface area contributed by atoms with Crippen molar-refractivity contribution in [2.24, 2.45) is 0 Å². The van der Waals surface area contributed by atoms with Gasteiger partial charge in [0, 0.05) is 12.3 Å². The first kappa shape index (κ1) is 14.8. The summed E-state index contributed by atoms with van der Waals surface area (Å²) in [7, 11) is 0. The fraction of sp³-hybridized carbons (Fsp3) is 0.250. The molecule has 5 heteroatoms. The largest absolute Gasteiger partial charge is 0.494 e. The maximum Gasteiger partial charge on any atom is 0.253 e. The molecule has 1 aromatic heterocycles. The van der Waals surface area contributed by atoms with Gasteiger partial charge in [-0.2, -0.15) is 0 Å². The molecule has 2 rings (SSSR count). The predicted octanol–water partition coefficient (Wildman–Crippen LogP) is 2.26. The Kier molecular flexibility index (Phi) is 4.77. The number of hydrogen-bond donors (Lipinski definition) is 2. The molecule has 5 nitrogen and oxygen atoms in total. The minimum Gasteiger partial charge on any atom is -0.494 e. The van der Waals surface area contributed by atoms with Crippen LogP contribution in [0.3, 0.4) is 0 Å². The summed E-state index contributed by atoms with van der Waals surface area (Å²) >= 11 is 0. The van der Waals surface area contributed by atoms with E-state index in [1.807, 2.05) is 38.1 Å². The van der Waals surface area contributed by atoms with Crippen molar-refractivity contribution in [3.63, 3.8) is 0 Å². The highest BCUT2D eigenvalue weighted by atomic mass is 16.5. The van der Waals surface area contributed by atoms with E-state index in [-0.39, 0.29) is 17.5 Å². The van der Waals surface area contributed by atoms with Crippen molar-refractivity contribution in [3.05, 3.63) is 64.1 Å². The number of benzene rings is 1. The Morgan fingerprint density at radius 2 is 1.95 bits per heavy atom. The van der Waals surface area contributed by atoms with Crippen LogP contribution in [0.4, 0.5) is 0 Å². The van der Waals surface area contributed by atoms with Crippen LogP contribution in [0.1, 0.15) is 35.8 Å². The van der Waals surface area contributed by atoms with E-state index in [0.29, 0.717) is 12.2 Å². The molecular weight excluding hydrogens is 268 g/mol. The van der Waals surface area contributed by atoms with Crippen LogP contribution in [0, 0.1) is 0 Å². The number of hydrogen-bond acceptors (Lipinski definition) is 3. The molecule has 110 valence electrons. The lowest BCUT2D eigenvalue weighted by Gasteiger charge is -2.15. The average Bonchev–Trinajstić information content (AvgIpc) is 2.49. The van der Waals surface area contributed by atoms with Crippen molar-refractivity contribution in [3.8, 4) is 5.75 Å². The lowest BCUT2D eigenvalue weighted by Crippen LogP contribution is -2.27. The molecule has 0 radical (unpaired) electrons. The van der Waals surface area contributed by atoms with Crippen molar-refractivity contribution in [1.29, 1.82) is 0 Å². The van der Waals surface area contributed by atoms with Gasteiger partial charge in [-0.1, -0.05) is 12.1 Å². The quantitative estimate of drug-likeness (QED) is 0.885. The Balaban J connectivity index is 2.03. The van der Waals surface area contributed by atoms with Crippen molar-refractivity contribution in [2.45, 2.75) is 19.9 Å². The molecule has 0 spiro atoms. The average molecular weight is 286 g/mol.